The minimum Gasteiger partial charge on any atom is -0.358 e. The third-order valence-electron chi connectivity index (χ3n) is 4.62. The van der Waals surface area contributed by atoms with Crippen molar-refractivity contribution in [2.24, 2.45) is 4.99 Å². The molecule has 30 heavy (non-hydrogen) atoms. The maximum atomic E-state index is 13.8. The van der Waals surface area contributed by atoms with Crippen molar-refractivity contribution in [2.45, 2.75) is 9.79 Å². The number of amidine groups is 1. The Morgan fingerprint density at radius 1 is 1.20 bits per heavy atom. The molecule has 1 saturated heterocycles. The maximum absolute atomic E-state index is 13.8. The topological polar surface area (TPSA) is 84.3 Å². The van der Waals surface area contributed by atoms with Crippen LogP contribution in [-0.2, 0) is 0 Å². The van der Waals surface area contributed by atoms with E-state index < -0.39 is 0 Å². The van der Waals surface area contributed by atoms with Gasteiger partial charge in [-0.25, -0.2) is 19.4 Å². The van der Waals surface area contributed by atoms with Crippen molar-refractivity contribution in [1.82, 2.24) is 19.9 Å². The molecule has 4 rings (SSSR count). The van der Waals surface area contributed by atoms with Crippen LogP contribution in [0.5, 0.6) is 0 Å². The molecule has 0 radical (unpaired) electrons. The van der Waals surface area contributed by atoms with Gasteiger partial charge in [-0.3, -0.25) is 5.41 Å². The second kappa shape index (κ2) is 9.40. The summed E-state index contributed by atoms with van der Waals surface area (Å²) < 4.78 is 14.8. The summed E-state index contributed by atoms with van der Waals surface area (Å²) in [7, 11) is 0. The molecule has 10 heteroatoms. The Balaban J connectivity index is 1.39. The Morgan fingerprint density at radius 3 is 2.57 bits per heavy atom. The second-order valence-electron chi connectivity index (χ2n) is 6.54. The summed E-state index contributed by atoms with van der Waals surface area (Å²) in [5.41, 5.74) is 0.865. The molecule has 0 bridgehead atoms. The van der Waals surface area contributed by atoms with Gasteiger partial charge in [0.2, 0.25) is 5.95 Å². The monoisotopic (exact) mass is 487 g/mol. The molecule has 2 N–H and O–H groups in total. The second-order valence-corrected chi connectivity index (χ2v) is 8.57. The van der Waals surface area contributed by atoms with Crippen LogP contribution in [0.3, 0.4) is 0 Å². The van der Waals surface area contributed by atoms with E-state index in [1.807, 2.05) is 18.3 Å². The number of nitrogens with zero attached hydrogens (tertiary/aromatic N) is 5. The van der Waals surface area contributed by atoms with Crippen molar-refractivity contribution < 1.29 is 4.39 Å². The van der Waals surface area contributed by atoms with E-state index in [4.69, 9.17) is 5.41 Å². The fourth-order valence-electron chi connectivity index (χ4n) is 3.18. The SMILES string of the molecule is N=CN=C(c1cc(Br)c[nH]1)N1CCN(c2ncc(Sc3ccccc3F)cn2)CC1. The number of hydrogen-bond acceptors (Lipinski definition) is 5. The minimum atomic E-state index is -0.251. The average Bonchev–Trinajstić information content (AvgIpc) is 3.20. The van der Waals surface area contributed by atoms with Crippen LogP contribution in [0.15, 0.2) is 68.2 Å². The lowest BCUT2D eigenvalue weighted by Gasteiger charge is -2.36. The molecule has 154 valence electrons. The Kier molecular flexibility index (Phi) is 6.44. The van der Waals surface area contributed by atoms with Crippen LogP contribution in [0.1, 0.15) is 5.69 Å². The van der Waals surface area contributed by atoms with Crippen molar-refractivity contribution in [3.8, 4) is 0 Å². The number of halogens is 2. The number of aliphatic imine (C=N–C) groups is 1. The quantitative estimate of drug-likeness (QED) is 0.419. The first-order valence-electron chi connectivity index (χ1n) is 9.29. The summed E-state index contributed by atoms with van der Waals surface area (Å²) >= 11 is 4.74. The number of piperazine rings is 1. The van der Waals surface area contributed by atoms with Crippen molar-refractivity contribution in [3.63, 3.8) is 0 Å². The van der Waals surface area contributed by atoms with Crippen LogP contribution < -0.4 is 4.90 Å². The smallest absolute Gasteiger partial charge is 0.225 e. The van der Waals surface area contributed by atoms with Crippen molar-refractivity contribution in [1.29, 1.82) is 5.41 Å². The number of H-pyrrole nitrogens is 1. The van der Waals surface area contributed by atoms with E-state index >= 15 is 0 Å². The van der Waals surface area contributed by atoms with Crippen LogP contribution in [0.25, 0.3) is 0 Å². The predicted molar refractivity (Wildman–Crippen MR) is 120 cm³/mol. The Morgan fingerprint density at radius 2 is 1.93 bits per heavy atom. The molecule has 2 aromatic heterocycles. The largest absolute Gasteiger partial charge is 0.358 e. The number of nitrogens with one attached hydrogen (secondary N) is 2. The van der Waals surface area contributed by atoms with Crippen LogP contribution in [0.4, 0.5) is 10.3 Å². The van der Waals surface area contributed by atoms with Crippen LogP contribution >= 0.6 is 27.7 Å². The van der Waals surface area contributed by atoms with Gasteiger partial charge in [-0.2, -0.15) is 0 Å². The van der Waals surface area contributed by atoms with Gasteiger partial charge in [0.05, 0.1) is 5.69 Å². The van der Waals surface area contributed by atoms with Gasteiger partial charge in [0.25, 0.3) is 0 Å². The lowest BCUT2D eigenvalue weighted by atomic mass is 10.2. The van der Waals surface area contributed by atoms with Gasteiger partial charge >= 0.3 is 0 Å². The number of aromatic nitrogens is 3. The van der Waals surface area contributed by atoms with E-state index in [1.54, 1.807) is 24.5 Å². The summed E-state index contributed by atoms with van der Waals surface area (Å²) in [6.07, 6.45) is 6.36. The van der Waals surface area contributed by atoms with E-state index in [1.165, 1.54) is 17.8 Å². The fraction of sp³-hybridized carbons (Fsp3) is 0.200. The standard InChI is InChI=1S/C20H19BrFN7S/c21-14-9-17(24-10-14)19(27-13-23)28-5-7-29(8-6-28)20-25-11-15(12-26-20)30-18-4-2-1-3-16(18)22/h1-4,9-13,23-24H,5-8H2. The number of benzene rings is 1. The van der Waals surface area contributed by atoms with Gasteiger partial charge < -0.3 is 14.8 Å². The summed E-state index contributed by atoms with van der Waals surface area (Å²) in [6, 6.07) is 8.61. The zero-order chi connectivity index (χ0) is 20.9. The molecular formula is C20H19BrFN7S. The number of anilines is 1. The molecule has 0 atom stereocenters. The summed E-state index contributed by atoms with van der Waals surface area (Å²) in [5.74, 6) is 1.15. The highest BCUT2D eigenvalue weighted by atomic mass is 79.9. The molecule has 0 spiro atoms. The predicted octanol–water partition coefficient (Wildman–Crippen LogP) is 4.03. The molecule has 1 aromatic carbocycles. The molecule has 1 aliphatic heterocycles. The van der Waals surface area contributed by atoms with E-state index in [0.29, 0.717) is 10.8 Å². The van der Waals surface area contributed by atoms with Crippen molar-refractivity contribution in [3.05, 3.63) is 64.9 Å². The molecule has 7 nitrogen and oxygen atoms in total. The highest BCUT2D eigenvalue weighted by Gasteiger charge is 2.23. The third kappa shape index (κ3) is 4.71. The number of hydrogen-bond donors (Lipinski definition) is 2. The summed E-state index contributed by atoms with van der Waals surface area (Å²) in [6.45, 7) is 2.94. The molecule has 0 saturated carbocycles. The Hall–Kier alpha value is -2.72. The Labute approximate surface area is 186 Å². The first-order valence-corrected chi connectivity index (χ1v) is 10.9. The van der Waals surface area contributed by atoms with Crippen LogP contribution in [0.2, 0.25) is 0 Å². The summed E-state index contributed by atoms with van der Waals surface area (Å²) in [5, 5.41) is 7.38. The number of rotatable bonds is 5. The van der Waals surface area contributed by atoms with Gasteiger partial charge in [0.1, 0.15) is 12.2 Å². The van der Waals surface area contributed by atoms with Gasteiger partial charge in [0, 0.05) is 59.0 Å². The summed E-state index contributed by atoms with van der Waals surface area (Å²) in [4.78, 5) is 21.9. The lowest BCUT2D eigenvalue weighted by Crippen LogP contribution is -2.49. The van der Waals surface area contributed by atoms with E-state index in [0.717, 1.165) is 53.4 Å². The molecular weight excluding hydrogens is 469 g/mol. The highest BCUT2D eigenvalue weighted by molar-refractivity contribution is 9.10. The van der Waals surface area contributed by atoms with E-state index in [-0.39, 0.29) is 5.82 Å². The maximum Gasteiger partial charge on any atom is 0.225 e. The van der Waals surface area contributed by atoms with Crippen LogP contribution in [0, 0.1) is 11.2 Å². The normalized spacial score (nSPS) is 14.8. The van der Waals surface area contributed by atoms with Gasteiger partial charge in [-0.15, -0.1) is 0 Å². The molecule has 3 aromatic rings. The van der Waals surface area contributed by atoms with Crippen molar-refractivity contribution >= 4 is 45.8 Å². The van der Waals surface area contributed by atoms with Gasteiger partial charge in [-0.05, 0) is 34.1 Å². The first kappa shape index (κ1) is 20.5. The van der Waals surface area contributed by atoms with E-state index in [9.17, 15) is 4.39 Å². The zero-order valence-corrected chi connectivity index (χ0v) is 18.3. The fourth-order valence-corrected chi connectivity index (χ4v) is 4.30. The highest BCUT2D eigenvalue weighted by Crippen LogP contribution is 2.29. The minimum absolute atomic E-state index is 0.251. The third-order valence-corrected chi connectivity index (χ3v) is 6.07. The number of aromatic amines is 1. The van der Waals surface area contributed by atoms with Gasteiger partial charge in [0.15, 0.2) is 5.84 Å². The van der Waals surface area contributed by atoms with Crippen LogP contribution in [-0.4, -0.2) is 58.2 Å². The zero-order valence-electron chi connectivity index (χ0n) is 15.9. The Bertz CT molecular complexity index is 1050. The lowest BCUT2D eigenvalue weighted by molar-refractivity contribution is 0.383. The molecule has 3 heterocycles. The molecule has 1 fully saturated rings. The first-order chi connectivity index (χ1) is 14.6. The van der Waals surface area contributed by atoms with Gasteiger partial charge in [-0.1, -0.05) is 23.9 Å². The average molecular weight is 488 g/mol. The van der Waals surface area contributed by atoms with Crippen molar-refractivity contribution in [2.75, 3.05) is 31.1 Å². The molecule has 1 aliphatic rings. The van der Waals surface area contributed by atoms with E-state index in [2.05, 4.69) is 45.7 Å². The molecule has 0 unspecified atom stereocenters. The molecule has 0 amide bonds. The molecule has 0 aliphatic carbocycles.